The van der Waals surface area contributed by atoms with Crippen molar-refractivity contribution in [1.29, 1.82) is 0 Å². The van der Waals surface area contributed by atoms with Crippen LogP contribution in [0.1, 0.15) is 28.8 Å². The molecule has 0 saturated heterocycles. The van der Waals surface area contributed by atoms with Crippen LogP contribution in [0.5, 0.6) is 0 Å². The van der Waals surface area contributed by atoms with Crippen LogP contribution in [0.4, 0.5) is 5.69 Å². The molecule has 0 aromatic heterocycles. The summed E-state index contributed by atoms with van der Waals surface area (Å²) in [5, 5.41) is 9.20. The zero-order chi connectivity index (χ0) is 15.6. The number of fused-ring (bicyclic) bond motifs is 1. The van der Waals surface area contributed by atoms with Gasteiger partial charge in [0.15, 0.2) is 0 Å². The molecule has 112 valence electrons. The van der Waals surface area contributed by atoms with E-state index in [0.29, 0.717) is 30.6 Å². The molecule has 0 bridgehead atoms. The number of carboxylic acid groups (broad SMARTS) is 1. The summed E-state index contributed by atoms with van der Waals surface area (Å²) < 4.78 is 0. The van der Waals surface area contributed by atoms with Gasteiger partial charge in [0.05, 0.1) is 18.0 Å². The van der Waals surface area contributed by atoms with E-state index in [1.165, 1.54) is 11.0 Å². The Morgan fingerprint density at radius 2 is 2.05 bits per heavy atom. The van der Waals surface area contributed by atoms with E-state index in [1.807, 2.05) is 0 Å². The molecule has 0 spiro atoms. The zero-order valence-electron chi connectivity index (χ0n) is 11.4. The van der Waals surface area contributed by atoms with E-state index in [4.69, 9.17) is 11.5 Å². The van der Waals surface area contributed by atoms with Crippen LogP contribution in [-0.2, 0) is 16.0 Å². The van der Waals surface area contributed by atoms with Crippen molar-refractivity contribution in [2.45, 2.75) is 25.3 Å². The van der Waals surface area contributed by atoms with Crippen molar-refractivity contribution in [2.75, 3.05) is 11.4 Å². The van der Waals surface area contributed by atoms with Crippen molar-refractivity contribution >= 4 is 23.5 Å². The highest BCUT2D eigenvalue weighted by Crippen LogP contribution is 2.30. The Balaban J connectivity index is 2.34. The topological polar surface area (TPSA) is 127 Å². The summed E-state index contributed by atoms with van der Waals surface area (Å²) in [5.74, 6) is -2.09. The first-order valence-corrected chi connectivity index (χ1v) is 6.62. The number of carbonyl (C=O) groups is 3. The lowest BCUT2D eigenvalue weighted by Crippen LogP contribution is -2.47. The first-order chi connectivity index (χ1) is 9.91. The normalized spacial score (nSPS) is 15.2. The minimum absolute atomic E-state index is 0.188. The quantitative estimate of drug-likeness (QED) is 0.712. The number of rotatable bonds is 4. The van der Waals surface area contributed by atoms with E-state index in [0.717, 1.165) is 0 Å². The molecule has 7 nitrogen and oxygen atoms in total. The molecule has 1 atom stereocenters. The van der Waals surface area contributed by atoms with Gasteiger partial charge in [-0.05, 0) is 30.5 Å². The van der Waals surface area contributed by atoms with Crippen LogP contribution >= 0.6 is 0 Å². The molecule has 1 unspecified atom stereocenters. The van der Waals surface area contributed by atoms with Gasteiger partial charge < -0.3 is 21.5 Å². The number of amides is 2. The van der Waals surface area contributed by atoms with Gasteiger partial charge in [0.2, 0.25) is 11.8 Å². The Labute approximate surface area is 121 Å². The summed E-state index contributed by atoms with van der Waals surface area (Å²) in [7, 11) is 0. The van der Waals surface area contributed by atoms with Crippen molar-refractivity contribution in [3.63, 3.8) is 0 Å². The number of hydrogen-bond acceptors (Lipinski definition) is 4. The molecule has 1 aromatic carbocycles. The van der Waals surface area contributed by atoms with Gasteiger partial charge in [-0.25, -0.2) is 4.79 Å². The van der Waals surface area contributed by atoms with Crippen LogP contribution < -0.4 is 16.4 Å². The number of aromatic carboxylic acids is 1. The fourth-order valence-electron chi connectivity index (χ4n) is 2.56. The SMILES string of the molecule is NC(=O)CC(N)C(=O)N1CCCc2c(C(=O)O)cccc21. The smallest absolute Gasteiger partial charge is 0.336 e. The Morgan fingerprint density at radius 1 is 1.33 bits per heavy atom. The van der Waals surface area contributed by atoms with Crippen LogP contribution in [0.2, 0.25) is 0 Å². The molecule has 0 saturated carbocycles. The monoisotopic (exact) mass is 291 g/mol. The van der Waals surface area contributed by atoms with Crippen molar-refractivity contribution < 1.29 is 19.5 Å². The van der Waals surface area contributed by atoms with Gasteiger partial charge in [-0.3, -0.25) is 9.59 Å². The minimum atomic E-state index is -1.03. The number of nitrogens with zero attached hydrogens (tertiary/aromatic N) is 1. The molecule has 1 aliphatic rings. The van der Waals surface area contributed by atoms with Gasteiger partial charge in [-0.2, -0.15) is 0 Å². The predicted octanol–water partition coefficient (Wildman–Crippen LogP) is -0.133. The summed E-state index contributed by atoms with van der Waals surface area (Å²) in [6.45, 7) is 0.446. The third-order valence-corrected chi connectivity index (χ3v) is 3.49. The lowest BCUT2D eigenvalue weighted by atomic mass is 9.95. The van der Waals surface area contributed by atoms with E-state index >= 15 is 0 Å². The van der Waals surface area contributed by atoms with Gasteiger partial charge in [0.25, 0.3) is 0 Å². The fraction of sp³-hybridized carbons (Fsp3) is 0.357. The Morgan fingerprint density at radius 3 is 2.67 bits per heavy atom. The lowest BCUT2D eigenvalue weighted by Gasteiger charge is -2.31. The van der Waals surface area contributed by atoms with Gasteiger partial charge in [-0.1, -0.05) is 6.07 Å². The largest absolute Gasteiger partial charge is 0.478 e. The van der Waals surface area contributed by atoms with Crippen molar-refractivity contribution in [3.05, 3.63) is 29.3 Å². The molecule has 0 fully saturated rings. The number of benzene rings is 1. The molecule has 1 heterocycles. The average molecular weight is 291 g/mol. The third-order valence-electron chi connectivity index (χ3n) is 3.49. The Bertz CT molecular complexity index is 600. The molecule has 0 aliphatic carbocycles. The molecule has 7 heteroatoms. The van der Waals surface area contributed by atoms with Crippen molar-refractivity contribution in [3.8, 4) is 0 Å². The maximum absolute atomic E-state index is 12.3. The van der Waals surface area contributed by atoms with Crippen LogP contribution in [0.25, 0.3) is 0 Å². The maximum atomic E-state index is 12.3. The zero-order valence-corrected chi connectivity index (χ0v) is 11.4. The van der Waals surface area contributed by atoms with Crippen LogP contribution in [-0.4, -0.2) is 35.5 Å². The summed E-state index contributed by atoms with van der Waals surface area (Å²) in [6.07, 6.45) is 1.00. The number of primary amides is 1. The second kappa shape index (κ2) is 5.92. The third kappa shape index (κ3) is 3.03. The molecule has 5 N–H and O–H groups in total. The second-order valence-corrected chi connectivity index (χ2v) is 4.98. The van der Waals surface area contributed by atoms with Crippen molar-refractivity contribution in [2.24, 2.45) is 11.5 Å². The van der Waals surface area contributed by atoms with E-state index in [1.54, 1.807) is 12.1 Å². The highest BCUT2D eigenvalue weighted by Gasteiger charge is 2.29. The number of anilines is 1. The summed E-state index contributed by atoms with van der Waals surface area (Å²) >= 11 is 0. The summed E-state index contributed by atoms with van der Waals surface area (Å²) in [6, 6.07) is 3.78. The molecular weight excluding hydrogens is 274 g/mol. The van der Waals surface area contributed by atoms with Gasteiger partial charge in [0.1, 0.15) is 0 Å². The van der Waals surface area contributed by atoms with Crippen molar-refractivity contribution in [1.82, 2.24) is 0 Å². The predicted molar refractivity (Wildman–Crippen MR) is 75.9 cm³/mol. The molecule has 1 aliphatic heterocycles. The van der Waals surface area contributed by atoms with E-state index in [2.05, 4.69) is 0 Å². The lowest BCUT2D eigenvalue weighted by molar-refractivity contribution is -0.124. The molecule has 1 aromatic rings. The first kappa shape index (κ1) is 15.0. The molecular formula is C14H17N3O4. The summed E-state index contributed by atoms with van der Waals surface area (Å²) in [4.78, 5) is 35.9. The highest BCUT2D eigenvalue weighted by molar-refractivity contribution is 6.02. The van der Waals surface area contributed by atoms with Gasteiger partial charge in [0, 0.05) is 12.2 Å². The van der Waals surface area contributed by atoms with Crippen LogP contribution in [0, 0.1) is 0 Å². The number of hydrogen-bond donors (Lipinski definition) is 3. The van der Waals surface area contributed by atoms with E-state index in [9.17, 15) is 19.5 Å². The molecule has 2 amide bonds. The Kier molecular flexibility index (Phi) is 4.23. The molecule has 0 radical (unpaired) electrons. The number of carboxylic acids is 1. The average Bonchev–Trinajstić information content (AvgIpc) is 2.44. The minimum Gasteiger partial charge on any atom is -0.478 e. The van der Waals surface area contributed by atoms with Gasteiger partial charge >= 0.3 is 5.97 Å². The van der Waals surface area contributed by atoms with E-state index < -0.39 is 23.8 Å². The van der Waals surface area contributed by atoms with Crippen LogP contribution in [0.3, 0.4) is 0 Å². The molecule has 2 rings (SSSR count). The van der Waals surface area contributed by atoms with Crippen LogP contribution in [0.15, 0.2) is 18.2 Å². The summed E-state index contributed by atoms with van der Waals surface area (Å²) in [5.41, 5.74) is 12.1. The second-order valence-electron chi connectivity index (χ2n) is 4.98. The number of carbonyl (C=O) groups excluding carboxylic acids is 2. The van der Waals surface area contributed by atoms with E-state index in [-0.39, 0.29) is 12.0 Å². The first-order valence-electron chi connectivity index (χ1n) is 6.62. The maximum Gasteiger partial charge on any atom is 0.336 e. The number of nitrogens with two attached hydrogens (primary N) is 2. The van der Waals surface area contributed by atoms with Gasteiger partial charge in [-0.15, -0.1) is 0 Å². The standard InChI is InChI=1S/C14H17N3O4/c15-10(7-12(16)18)13(19)17-6-2-4-8-9(14(20)21)3-1-5-11(8)17/h1,3,5,10H,2,4,6-7,15H2,(H2,16,18)(H,20,21). The molecule has 21 heavy (non-hydrogen) atoms. The highest BCUT2D eigenvalue weighted by atomic mass is 16.4. The Hall–Kier alpha value is -2.41. The fourth-order valence-corrected chi connectivity index (χ4v) is 2.56.